The summed E-state index contributed by atoms with van der Waals surface area (Å²) in [5.41, 5.74) is 1.87. The number of carbonyl (C=O) groups is 1. The fraction of sp³-hybridized carbons (Fsp3) is 0.611. The van der Waals surface area contributed by atoms with Crippen LogP contribution in [0.15, 0.2) is 18.2 Å². The van der Waals surface area contributed by atoms with E-state index in [9.17, 15) is 9.18 Å². The Morgan fingerprint density at radius 2 is 2.32 bits per heavy atom. The summed E-state index contributed by atoms with van der Waals surface area (Å²) >= 11 is 0. The van der Waals surface area contributed by atoms with E-state index >= 15 is 0 Å². The maximum atomic E-state index is 13.4. The van der Waals surface area contributed by atoms with Gasteiger partial charge in [-0.25, -0.2) is 4.39 Å². The molecule has 4 heteroatoms. The molecule has 3 nitrogen and oxygen atoms in total. The van der Waals surface area contributed by atoms with E-state index in [0.717, 1.165) is 43.7 Å². The molecule has 1 N–H and O–H groups in total. The van der Waals surface area contributed by atoms with Crippen LogP contribution in [0.5, 0.6) is 0 Å². The monoisotopic (exact) mass is 304 g/mol. The molecule has 1 aromatic carbocycles. The second-order valence-corrected chi connectivity index (χ2v) is 6.71. The average Bonchev–Trinajstić information content (AvgIpc) is 2.54. The van der Waals surface area contributed by atoms with Crippen molar-refractivity contribution in [3.63, 3.8) is 0 Å². The maximum Gasteiger partial charge on any atom is 0.227 e. The summed E-state index contributed by atoms with van der Waals surface area (Å²) < 4.78 is 13.4. The minimum Gasteiger partial charge on any atom is -0.316 e. The van der Waals surface area contributed by atoms with E-state index in [4.69, 9.17) is 0 Å². The van der Waals surface area contributed by atoms with Crippen LogP contribution in [0.1, 0.15) is 38.2 Å². The highest BCUT2D eigenvalue weighted by molar-refractivity contribution is 5.94. The van der Waals surface area contributed by atoms with Gasteiger partial charge in [0.2, 0.25) is 5.91 Å². The van der Waals surface area contributed by atoms with Crippen LogP contribution >= 0.6 is 0 Å². The maximum absolute atomic E-state index is 13.4. The Labute approximate surface area is 131 Å². The molecule has 2 heterocycles. The molecule has 1 aromatic rings. The first kappa shape index (κ1) is 15.5. The van der Waals surface area contributed by atoms with Crippen molar-refractivity contribution in [3.8, 4) is 0 Å². The van der Waals surface area contributed by atoms with E-state index in [1.54, 1.807) is 12.1 Å². The van der Waals surface area contributed by atoms with Crippen molar-refractivity contribution in [2.45, 2.75) is 39.0 Å². The number of hydrogen-bond acceptors (Lipinski definition) is 2. The summed E-state index contributed by atoms with van der Waals surface area (Å²) in [5, 5.41) is 3.42. The Morgan fingerprint density at radius 1 is 1.45 bits per heavy atom. The Balaban J connectivity index is 1.68. The first-order chi connectivity index (χ1) is 10.6. The lowest BCUT2D eigenvalue weighted by atomic mass is 9.85. The number of piperidine rings is 1. The molecule has 0 radical (unpaired) electrons. The molecular formula is C18H25FN2O. The quantitative estimate of drug-likeness (QED) is 0.930. The van der Waals surface area contributed by atoms with Gasteiger partial charge in [0.15, 0.2) is 0 Å². The number of nitrogens with one attached hydrogen (secondary N) is 1. The highest BCUT2D eigenvalue weighted by Crippen LogP contribution is 2.30. The lowest BCUT2D eigenvalue weighted by Crippen LogP contribution is -2.39. The first-order valence-corrected chi connectivity index (χ1v) is 8.44. The van der Waals surface area contributed by atoms with Crippen molar-refractivity contribution in [1.82, 2.24) is 5.32 Å². The lowest BCUT2D eigenvalue weighted by molar-refractivity contribution is -0.119. The van der Waals surface area contributed by atoms with Crippen LogP contribution < -0.4 is 10.2 Å². The van der Waals surface area contributed by atoms with Gasteiger partial charge < -0.3 is 10.2 Å². The molecule has 0 bridgehead atoms. The number of halogens is 1. The molecule has 3 rings (SSSR count). The van der Waals surface area contributed by atoms with Gasteiger partial charge >= 0.3 is 0 Å². The van der Waals surface area contributed by atoms with Crippen LogP contribution in [0.25, 0.3) is 0 Å². The van der Waals surface area contributed by atoms with E-state index in [2.05, 4.69) is 12.2 Å². The van der Waals surface area contributed by atoms with Gasteiger partial charge in [-0.3, -0.25) is 4.79 Å². The summed E-state index contributed by atoms with van der Waals surface area (Å²) in [6.45, 7) is 5.07. The molecule has 22 heavy (non-hydrogen) atoms. The number of hydrogen-bond donors (Lipinski definition) is 1. The van der Waals surface area contributed by atoms with Crippen molar-refractivity contribution in [3.05, 3.63) is 29.6 Å². The Kier molecular flexibility index (Phi) is 4.77. The number of benzene rings is 1. The normalized spacial score (nSPS) is 23.0. The predicted molar refractivity (Wildman–Crippen MR) is 86.4 cm³/mol. The van der Waals surface area contributed by atoms with E-state index in [-0.39, 0.29) is 11.7 Å². The van der Waals surface area contributed by atoms with E-state index in [0.29, 0.717) is 18.3 Å². The molecule has 1 saturated heterocycles. The molecule has 1 amide bonds. The zero-order valence-corrected chi connectivity index (χ0v) is 13.3. The number of nitrogens with zero attached hydrogens (tertiary/aromatic N) is 1. The van der Waals surface area contributed by atoms with Gasteiger partial charge in [-0.2, -0.15) is 0 Å². The van der Waals surface area contributed by atoms with Gasteiger partial charge in [0.1, 0.15) is 5.82 Å². The molecule has 0 spiro atoms. The molecule has 2 unspecified atom stereocenters. The van der Waals surface area contributed by atoms with Gasteiger partial charge in [-0.05, 0) is 74.4 Å². The van der Waals surface area contributed by atoms with Crippen molar-refractivity contribution in [1.29, 1.82) is 0 Å². The number of anilines is 1. The summed E-state index contributed by atoms with van der Waals surface area (Å²) in [4.78, 5) is 14.6. The average molecular weight is 304 g/mol. The van der Waals surface area contributed by atoms with Crippen LogP contribution in [0, 0.1) is 17.7 Å². The zero-order valence-electron chi connectivity index (χ0n) is 13.3. The largest absolute Gasteiger partial charge is 0.316 e. The molecule has 0 aliphatic carbocycles. The lowest BCUT2D eigenvalue weighted by Gasteiger charge is -2.33. The summed E-state index contributed by atoms with van der Waals surface area (Å²) in [5.74, 6) is 0.960. The number of carbonyl (C=O) groups excluding carboxylic acids is 1. The minimum absolute atomic E-state index is 0.186. The molecule has 0 aromatic heterocycles. The molecule has 1 fully saturated rings. The fourth-order valence-electron chi connectivity index (χ4n) is 3.74. The Morgan fingerprint density at radius 3 is 3.09 bits per heavy atom. The molecule has 2 atom stereocenters. The van der Waals surface area contributed by atoms with Gasteiger partial charge in [0.25, 0.3) is 0 Å². The predicted octanol–water partition coefficient (Wildman–Crippen LogP) is 3.13. The van der Waals surface area contributed by atoms with E-state index < -0.39 is 0 Å². The third kappa shape index (κ3) is 3.32. The van der Waals surface area contributed by atoms with Gasteiger partial charge in [-0.1, -0.05) is 6.92 Å². The standard InChI is InChI=1S/C18H25FN2O/c1-13(15-4-2-8-20-12-15)10-18(22)21-9-3-5-14-11-16(19)6-7-17(14)21/h6-7,11,13,15,20H,2-5,8-10,12H2,1H3. The molecular weight excluding hydrogens is 279 g/mol. The van der Waals surface area contributed by atoms with Crippen LogP contribution in [-0.2, 0) is 11.2 Å². The van der Waals surface area contributed by atoms with Crippen LogP contribution in [0.4, 0.5) is 10.1 Å². The third-order valence-corrected chi connectivity index (χ3v) is 5.10. The number of rotatable bonds is 3. The van der Waals surface area contributed by atoms with Gasteiger partial charge in [0.05, 0.1) is 0 Å². The van der Waals surface area contributed by atoms with Gasteiger partial charge in [-0.15, -0.1) is 0 Å². The van der Waals surface area contributed by atoms with Crippen molar-refractivity contribution >= 4 is 11.6 Å². The van der Waals surface area contributed by atoms with Crippen molar-refractivity contribution in [2.75, 3.05) is 24.5 Å². The summed E-state index contributed by atoms with van der Waals surface area (Å²) in [6.07, 6.45) is 4.78. The van der Waals surface area contributed by atoms with Crippen molar-refractivity contribution < 1.29 is 9.18 Å². The van der Waals surface area contributed by atoms with Crippen LogP contribution in [0.2, 0.25) is 0 Å². The van der Waals surface area contributed by atoms with Gasteiger partial charge in [0, 0.05) is 18.7 Å². The fourth-order valence-corrected chi connectivity index (χ4v) is 3.74. The topological polar surface area (TPSA) is 32.3 Å². The molecule has 0 saturated carbocycles. The van der Waals surface area contributed by atoms with E-state index in [1.807, 2.05) is 4.90 Å². The Bertz CT molecular complexity index is 540. The molecule has 120 valence electrons. The van der Waals surface area contributed by atoms with Crippen molar-refractivity contribution in [2.24, 2.45) is 11.8 Å². The minimum atomic E-state index is -0.213. The van der Waals surface area contributed by atoms with E-state index in [1.165, 1.54) is 18.9 Å². The smallest absolute Gasteiger partial charge is 0.227 e. The second-order valence-electron chi connectivity index (χ2n) is 6.71. The van der Waals surface area contributed by atoms with Crippen LogP contribution in [0.3, 0.4) is 0 Å². The Hall–Kier alpha value is -1.42. The zero-order chi connectivity index (χ0) is 15.5. The summed E-state index contributed by atoms with van der Waals surface area (Å²) in [7, 11) is 0. The summed E-state index contributed by atoms with van der Waals surface area (Å²) in [6, 6.07) is 4.79. The SMILES string of the molecule is CC(CC(=O)N1CCCc2cc(F)ccc21)C1CCCNC1. The molecule has 2 aliphatic heterocycles. The third-order valence-electron chi connectivity index (χ3n) is 5.10. The van der Waals surface area contributed by atoms with Crippen LogP contribution in [-0.4, -0.2) is 25.5 Å². The highest BCUT2D eigenvalue weighted by atomic mass is 19.1. The number of amides is 1. The highest BCUT2D eigenvalue weighted by Gasteiger charge is 2.27. The molecule has 2 aliphatic rings. The first-order valence-electron chi connectivity index (χ1n) is 8.44. The number of fused-ring (bicyclic) bond motifs is 1. The number of aryl methyl sites for hydroxylation is 1. The second kappa shape index (κ2) is 6.78.